The van der Waals surface area contributed by atoms with Crippen molar-refractivity contribution in [3.63, 3.8) is 0 Å². The van der Waals surface area contributed by atoms with E-state index in [2.05, 4.69) is 23.7 Å². The largest absolute Gasteiger partial charge is 0.302 e. The number of hydrogen-bond acceptors (Lipinski definition) is 5. The van der Waals surface area contributed by atoms with Gasteiger partial charge in [-0.25, -0.2) is 10.0 Å². The van der Waals surface area contributed by atoms with Crippen molar-refractivity contribution in [2.24, 2.45) is 23.2 Å². The lowest BCUT2D eigenvalue weighted by Gasteiger charge is -2.60. The van der Waals surface area contributed by atoms with E-state index in [9.17, 15) is 9.59 Å². The molecule has 6 atom stereocenters. The van der Waals surface area contributed by atoms with Gasteiger partial charge in [0.25, 0.3) is 5.56 Å². The summed E-state index contributed by atoms with van der Waals surface area (Å²) in [5.41, 5.74) is 1.69. The highest BCUT2D eigenvalue weighted by Crippen LogP contribution is 2.62. The van der Waals surface area contributed by atoms with Gasteiger partial charge in [-0.05, 0) is 93.2 Å². The van der Waals surface area contributed by atoms with Crippen molar-refractivity contribution in [1.82, 2.24) is 19.5 Å². The Balaban J connectivity index is 1.26. The maximum Gasteiger partial charge on any atom is 0.301 e. The Labute approximate surface area is 220 Å². The Morgan fingerprint density at radius 2 is 1.81 bits per heavy atom. The molecular weight excluding hydrogens is 464 g/mol. The minimum atomic E-state index is -0.502. The molecule has 0 N–H and O–H groups in total. The molecule has 2 aromatic rings. The highest BCUT2D eigenvalue weighted by molar-refractivity contribution is 5.93. The van der Waals surface area contributed by atoms with Gasteiger partial charge in [0.15, 0.2) is 5.69 Å². The fraction of sp³-hybridized carbons (Fsp3) is 0.700. The summed E-state index contributed by atoms with van der Waals surface area (Å²) >= 11 is 0. The average molecular weight is 507 g/mol. The quantitative estimate of drug-likeness (QED) is 0.513. The van der Waals surface area contributed by atoms with Gasteiger partial charge in [-0.2, -0.15) is 0 Å². The van der Waals surface area contributed by atoms with E-state index in [1.165, 1.54) is 65.6 Å². The van der Waals surface area contributed by atoms with Gasteiger partial charge in [0.05, 0.1) is 18.1 Å². The van der Waals surface area contributed by atoms with Crippen LogP contribution >= 0.6 is 0 Å². The molecule has 2 aliphatic heterocycles. The first-order chi connectivity index (χ1) is 17.8. The number of hydroxylamine groups is 2. The number of carbonyl (C=O) groups excluding carboxylic acids is 1. The molecule has 7 rings (SSSR count). The summed E-state index contributed by atoms with van der Waals surface area (Å²) < 4.78 is 1.89. The normalized spacial score (nSPS) is 32.6. The molecule has 1 unspecified atom stereocenters. The van der Waals surface area contributed by atoms with Crippen LogP contribution in [0.4, 0.5) is 0 Å². The van der Waals surface area contributed by atoms with Gasteiger partial charge in [-0.3, -0.25) is 19.3 Å². The fourth-order valence-corrected chi connectivity index (χ4v) is 8.54. The maximum atomic E-state index is 13.8. The molecule has 2 saturated heterocycles. The fourth-order valence-electron chi connectivity index (χ4n) is 8.54. The number of fused-ring (bicyclic) bond motifs is 5. The number of hydrogen-bond donors (Lipinski definition) is 0. The van der Waals surface area contributed by atoms with Crippen LogP contribution in [0.2, 0.25) is 0 Å². The molecule has 0 spiro atoms. The molecule has 0 radical (unpaired) electrons. The predicted octanol–water partition coefficient (Wildman–Crippen LogP) is 5.05. The third-order valence-electron chi connectivity index (χ3n) is 10.8. The first kappa shape index (κ1) is 25.1. The number of para-hydroxylation sites is 2. The van der Waals surface area contributed by atoms with E-state index in [0.717, 1.165) is 41.2 Å². The minimum absolute atomic E-state index is 0.0608. The van der Waals surface area contributed by atoms with Crippen molar-refractivity contribution in [3.8, 4) is 0 Å². The molecule has 3 heterocycles. The molecule has 200 valence electrons. The summed E-state index contributed by atoms with van der Waals surface area (Å²) in [6.07, 6.45) is 11.2. The maximum absolute atomic E-state index is 13.8. The third kappa shape index (κ3) is 4.13. The molecule has 7 heteroatoms. The molecule has 1 aromatic heterocycles. The van der Waals surface area contributed by atoms with Gasteiger partial charge in [0.1, 0.15) is 0 Å². The van der Waals surface area contributed by atoms with Gasteiger partial charge < -0.3 is 4.57 Å². The lowest BCUT2D eigenvalue weighted by Crippen LogP contribution is -2.55. The summed E-state index contributed by atoms with van der Waals surface area (Å²) in [4.78, 5) is 39.1. The van der Waals surface area contributed by atoms with Crippen LogP contribution in [-0.4, -0.2) is 58.2 Å². The monoisotopic (exact) mass is 506 g/mol. The topological polar surface area (TPSA) is 67.7 Å². The molecule has 3 aliphatic carbocycles. The van der Waals surface area contributed by atoms with Crippen LogP contribution in [0.1, 0.15) is 88.2 Å². The first-order valence-electron chi connectivity index (χ1n) is 14.4. The third-order valence-corrected chi connectivity index (χ3v) is 10.8. The van der Waals surface area contributed by atoms with Crippen LogP contribution in [0.15, 0.2) is 29.1 Å². The van der Waals surface area contributed by atoms with E-state index in [-0.39, 0.29) is 17.3 Å². The van der Waals surface area contributed by atoms with E-state index < -0.39 is 5.91 Å². The van der Waals surface area contributed by atoms with E-state index in [0.29, 0.717) is 23.0 Å². The highest BCUT2D eigenvalue weighted by Gasteiger charge is 2.54. The van der Waals surface area contributed by atoms with Crippen molar-refractivity contribution >= 4 is 16.9 Å². The molecule has 7 nitrogen and oxygen atoms in total. The van der Waals surface area contributed by atoms with E-state index in [1.54, 1.807) is 0 Å². The van der Waals surface area contributed by atoms with Crippen LogP contribution in [0, 0.1) is 23.2 Å². The number of benzene rings is 1. The van der Waals surface area contributed by atoms with E-state index >= 15 is 0 Å². The second-order valence-electron chi connectivity index (χ2n) is 12.7. The van der Waals surface area contributed by atoms with Crippen molar-refractivity contribution in [2.45, 2.75) is 89.8 Å². The van der Waals surface area contributed by atoms with Crippen LogP contribution in [0.25, 0.3) is 11.0 Å². The number of amides is 1. The Morgan fingerprint density at radius 1 is 1.08 bits per heavy atom. The Hall–Kier alpha value is -2.25. The summed E-state index contributed by atoms with van der Waals surface area (Å²) in [7, 11) is 2.94. The SMILES string of the molecule is CON(C)C(=O)c1nc2ccccc2n(C2C[C@H]3CCC[C@@H](C2)N3CC[C@@H]2CC[C@H]3C[C@@H]2C3(C)C)c1=O. The summed E-state index contributed by atoms with van der Waals surface area (Å²) in [6.45, 7) is 6.19. The molecule has 3 saturated carbocycles. The van der Waals surface area contributed by atoms with Gasteiger partial charge in [0, 0.05) is 25.2 Å². The number of nitrogens with zero attached hydrogens (tertiary/aromatic N) is 4. The molecule has 5 fully saturated rings. The lowest BCUT2D eigenvalue weighted by atomic mass is 9.45. The zero-order chi connectivity index (χ0) is 25.9. The predicted molar refractivity (Wildman–Crippen MR) is 144 cm³/mol. The molecule has 1 amide bonds. The van der Waals surface area contributed by atoms with Crippen LogP contribution in [0.5, 0.6) is 0 Å². The molecular formula is C30H42N4O3. The molecule has 1 aromatic carbocycles. The van der Waals surface area contributed by atoms with Crippen molar-refractivity contribution in [1.29, 1.82) is 0 Å². The molecule has 5 aliphatic rings. The number of piperidine rings is 2. The number of aromatic nitrogens is 2. The first-order valence-corrected chi connectivity index (χ1v) is 14.4. The zero-order valence-corrected chi connectivity index (χ0v) is 22.9. The van der Waals surface area contributed by atoms with Crippen molar-refractivity contribution < 1.29 is 9.63 Å². The summed E-state index contributed by atoms with van der Waals surface area (Å²) in [6, 6.07) is 8.80. The van der Waals surface area contributed by atoms with Crippen LogP contribution < -0.4 is 5.56 Å². The lowest BCUT2D eigenvalue weighted by molar-refractivity contribution is -0.111. The van der Waals surface area contributed by atoms with Crippen LogP contribution in [-0.2, 0) is 4.84 Å². The van der Waals surface area contributed by atoms with Gasteiger partial charge in [-0.15, -0.1) is 0 Å². The van der Waals surface area contributed by atoms with E-state index in [1.807, 2.05) is 28.8 Å². The molecule has 4 bridgehead atoms. The standard InChI is InChI=1S/C30H42N4O3/c1-30(2)20-13-12-19(24(30)16-20)14-15-33-21-8-7-9-22(33)18-23(17-21)34-26-11-6-5-10-25(26)31-27(29(34)36)28(35)32(3)37-4/h5-6,10-11,19-24H,7-9,12-18H2,1-4H3/t19-,20-,21-,22+,23?,24-/m0/s1. The summed E-state index contributed by atoms with van der Waals surface area (Å²) in [5, 5.41) is 1.08. The molecule has 37 heavy (non-hydrogen) atoms. The highest BCUT2D eigenvalue weighted by atomic mass is 16.7. The van der Waals surface area contributed by atoms with Gasteiger partial charge in [0.2, 0.25) is 0 Å². The number of rotatable bonds is 6. The Bertz CT molecular complexity index is 1220. The van der Waals surface area contributed by atoms with Crippen LogP contribution in [0.3, 0.4) is 0 Å². The second-order valence-corrected chi connectivity index (χ2v) is 12.7. The van der Waals surface area contributed by atoms with Gasteiger partial charge >= 0.3 is 5.91 Å². The van der Waals surface area contributed by atoms with E-state index in [4.69, 9.17) is 4.84 Å². The average Bonchev–Trinajstić information content (AvgIpc) is 2.90. The Kier molecular flexibility index (Phi) is 6.43. The zero-order valence-electron chi connectivity index (χ0n) is 22.9. The second kappa shape index (κ2) is 9.49. The minimum Gasteiger partial charge on any atom is -0.302 e. The smallest absolute Gasteiger partial charge is 0.301 e. The van der Waals surface area contributed by atoms with Crippen molar-refractivity contribution in [3.05, 3.63) is 40.3 Å². The number of carbonyl (C=O) groups is 1. The van der Waals surface area contributed by atoms with Crippen molar-refractivity contribution in [2.75, 3.05) is 20.7 Å². The summed E-state index contributed by atoms with van der Waals surface area (Å²) in [5.74, 6) is 2.24. The Morgan fingerprint density at radius 3 is 2.49 bits per heavy atom. The van der Waals surface area contributed by atoms with Gasteiger partial charge in [-0.1, -0.05) is 32.4 Å².